The molecule has 1 unspecified atom stereocenters. The van der Waals surface area contributed by atoms with Crippen molar-refractivity contribution in [1.82, 2.24) is 5.32 Å². The third kappa shape index (κ3) is 3.74. The van der Waals surface area contributed by atoms with E-state index < -0.39 is 0 Å². The van der Waals surface area contributed by atoms with Crippen LogP contribution in [0.5, 0.6) is 5.75 Å². The van der Waals surface area contributed by atoms with E-state index in [2.05, 4.69) is 41.7 Å². The van der Waals surface area contributed by atoms with E-state index in [0.717, 1.165) is 25.0 Å². The molecule has 0 fully saturated rings. The summed E-state index contributed by atoms with van der Waals surface area (Å²) in [6.07, 6.45) is 4.15. The van der Waals surface area contributed by atoms with Crippen LogP contribution in [-0.4, -0.2) is 18.8 Å². The highest BCUT2D eigenvalue weighted by Crippen LogP contribution is 2.34. The number of hydrogen-bond donors (Lipinski definition) is 2. The van der Waals surface area contributed by atoms with E-state index in [1.807, 2.05) is 12.1 Å². The molecule has 0 heterocycles. The average Bonchev–Trinajstić information content (AvgIpc) is 2.61. The van der Waals surface area contributed by atoms with Crippen LogP contribution in [0.25, 0.3) is 0 Å². The quantitative estimate of drug-likeness (QED) is 0.853. The fourth-order valence-corrected chi connectivity index (χ4v) is 3.49. The van der Waals surface area contributed by atoms with Crippen LogP contribution < -0.4 is 10.1 Å². The largest absolute Gasteiger partial charge is 0.497 e. The van der Waals surface area contributed by atoms with Gasteiger partial charge in [0.15, 0.2) is 0 Å². The van der Waals surface area contributed by atoms with Crippen LogP contribution in [0.2, 0.25) is 0 Å². The number of methoxy groups -OCH3 is 1. The molecule has 0 aromatic heterocycles. The first-order valence-corrected chi connectivity index (χ1v) is 8.40. The summed E-state index contributed by atoms with van der Waals surface area (Å²) in [5.41, 5.74) is 3.99. The zero-order valence-corrected chi connectivity index (χ0v) is 13.7. The van der Waals surface area contributed by atoms with Gasteiger partial charge in [0.2, 0.25) is 0 Å². The molecular formula is C20H25NO2. The van der Waals surface area contributed by atoms with E-state index in [0.29, 0.717) is 6.04 Å². The summed E-state index contributed by atoms with van der Waals surface area (Å²) in [6.45, 7) is 0.189. The van der Waals surface area contributed by atoms with Crippen molar-refractivity contribution in [3.63, 3.8) is 0 Å². The number of rotatable bonds is 6. The standard InChI is InChI=1S/C20H25NO2/c1-23-17-10-11-18-16(14-17)8-5-9-20(18)21-19(12-13-22)15-6-3-2-4-7-15/h2-4,6-7,10-11,14,19-22H,5,8-9,12-13H2,1H3/t19-,20?/m1/s1. The Morgan fingerprint density at radius 2 is 2.04 bits per heavy atom. The van der Waals surface area contributed by atoms with Gasteiger partial charge in [0.25, 0.3) is 0 Å². The summed E-state index contributed by atoms with van der Waals surface area (Å²) in [5, 5.41) is 13.2. The van der Waals surface area contributed by atoms with Crippen LogP contribution >= 0.6 is 0 Å². The molecule has 3 heteroatoms. The fraction of sp³-hybridized carbons (Fsp3) is 0.400. The van der Waals surface area contributed by atoms with Gasteiger partial charge in [-0.05, 0) is 54.5 Å². The Kier molecular flexibility index (Phi) is 5.31. The summed E-state index contributed by atoms with van der Waals surface area (Å²) in [6, 6.07) is 17.3. The van der Waals surface area contributed by atoms with Gasteiger partial charge in [-0.15, -0.1) is 0 Å². The number of ether oxygens (including phenoxy) is 1. The maximum Gasteiger partial charge on any atom is 0.119 e. The first-order valence-electron chi connectivity index (χ1n) is 8.40. The lowest BCUT2D eigenvalue weighted by Gasteiger charge is -2.31. The minimum atomic E-state index is 0.180. The number of nitrogens with one attached hydrogen (secondary N) is 1. The minimum Gasteiger partial charge on any atom is -0.497 e. The molecule has 2 aromatic rings. The van der Waals surface area contributed by atoms with E-state index >= 15 is 0 Å². The molecule has 1 aliphatic rings. The van der Waals surface area contributed by atoms with Crippen LogP contribution in [-0.2, 0) is 6.42 Å². The van der Waals surface area contributed by atoms with Gasteiger partial charge in [0.1, 0.15) is 5.75 Å². The molecule has 0 aliphatic heterocycles. The van der Waals surface area contributed by atoms with E-state index in [1.54, 1.807) is 7.11 Å². The summed E-state index contributed by atoms with van der Waals surface area (Å²) in [4.78, 5) is 0. The SMILES string of the molecule is COc1ccc2c(c1)CCCC2N[C@H](CCO)c1ccccc1. The molecule has 2 aromatic carbocycles. The predicted molar refractivity (Wildman–Crippen MR) is 92.7 cm³/mol. The molecule has 122 valence electrons. The summed E-state index contributed by atoms with van der Waals surface area (Å²) < 4.78 is 5.35. The second kappa shape index (κ2) is 7.62. The molecule has 3 rings (SSSR count). The third-order valence-corrected chi connectivity index (χ3v) is 4.69. The molecule has 3 nitrogen and oxygen atoms in total. The highest BCUT2D eigenvalue weighted by atomic mass is 16.5. The zero-order chi connectivity index (χ0) is 16.1. The van der Waals surface area contributed by atoms with Crippen molar-refractivity contribution in [3.8, 4) is 5.75 Å². The van der Waals surface area contributed by atoms with Gasteiger partial charge in [-0.2, -0.15) is 0 Å². The van der Waals surface area contributed by atoms with Crippen molar-refractivity contribution < 1.29 is 9.84 Å². The Morgan fingerprint density at radius 3 is 2.78 bits per heavy atom. The zero-order valence-electron chi connectivity index (χ0n) is 13.7. The maximum absolute atomic E-state index is 9.43. The molecular weight excluding hydrogens is 286 g/mol. The molecule has 2 N–H and O–H groups in total. The van der Waals surface area contributed by atoms with Crippen molar-refractivity contribution in [2.24, 2.45) is 0 Å². The number of benzene rings is 2. The smallest absolute Gasteiger partial charge is 0.119 e. The number of aryl methyl sites for hydroxylation is 1. The van der Waals surface area contributed by atoms with Gasteiger partial charge in [-0.1, -0.05) is 36.4 Å². The fourth-order valence-electron chi connectivity index (χ4n) is 3.49. The molecule has 0 bridgehead atoms. The second-order valence-corrected chi connectivity index (χ2v) is 6.15. The number of hydrogen-bond acceptors (Lipinski definition) is 3. The molecule has 0 radical (unpaired) electrons. The summed E-state index contributed by atoms with van der Waals surface area (Å²) in [7, 11) is 1.72. The number of fused-ring (bicyclic) bond motifs is 1. The van der Waals surface area contributed by atoms with Crippen molar-refractivity contribution in [2.45, 2.75) is 37.8 Å². The maximum atomic E-state index is 9.43. The molecule has 0 amide bonds. The van der Waals surface area contributed by atoms with E-state index in [9.17, 15) is 5.11 Å². The molecule has 2 atom stereocenters. The van der Waals surface area contributed by atoms with E-state index in [4.69, 9.17) is 4.74 Å². The van der Waals surface area contributed by atoms with Crippen LogP contribution in [0.4, 0.5) is 0 Å². The Morgan fingerprint density at radius 1 is 1.22 bits per heavy atom. The lowest BCUT2D eigenvalue weighted by Crippen LogP contribution is -2.30. The first kappa shape index (κ1) is 16.0. The van der Waals surface area contributed by atoms with Crippen LogP contribution in [0.3, 0.4) is 0 Å². The molecule has 0 spiro atoms. The lowest BCUT2D eigenvalue weighted by molar-refractivity contribution is 0.255. The Bertz CT molecular complexity index is 627. The summed E-state index contributed by atoms with van der Waals surface area (Å²) >= 11 is 0. The number of aliphatic hydroxyl groups excluding tert-OH is 1. The molecule has 0 saturated carbocycles. The molecule has 0 saturated heterocycles. The van der Waals surface area contributed by atoms with Gasteiger partial charge in [0.05, 0.1) is 7.11 Å². The average molecular weight is 311 g/mol. The number of aliphatic hydroxyl groups is 1. The van der Waals surface area contributed by atoms with Crippen molar-refractivity contribution in [2.75, 3.05) is 13.7 Å². The third-order valence-electron chi connectivity index (χ3n) is 4.69. The Balaban J connectivity index is 1.82. The topological polar surface area (TPSA) is 41.5 Å². The Hall–Kier alpha value is -1.84. The monoisotopic (exact) mass is 311 g/mol. The van der Waals surface area contributed by atoms with E-state index in [1.165, 1.54) is 23.1 Å². The predicted octanol–water partition coefficient (Wildman–Crippen LogP) is 3.79. The minimum absolute atomic E-state index is 0.180. The van der Waals surface area contributed by atoms with Crippen molar-refractivity contribution >= 4 is 0 Å². The van der Waals surface area contributed by atoms with Gasteiger partial charge >= 0.3 is 0 Å². The molecule has 23 heavy (non-hydrogen) atoms. The van der Waals surface area contributed by atoms with E-state index in [-0.39, 0.29) is 12.6 Å². The first-order chi connectivity index (χ1) is 11.3. The van der Waals surface area contributed by atoms with Gasteiger partial charge < -0.3 is 15.2 Å². The highest BCUT2D eigenvalue weighted by molar-refractivity contribution is 5.39. The van der Waals surface area contributed by atoms with Gasteiger partial charge in [0, 0.05) is 18.7 Å². The second-order valence-electron chi connectivity index (χ2n) is 6.15. The van der Waals surface area contributed by atoms with Gasteiger partial charge in [-0.25, -0.2) is 0 Å². The normalized spacial score (nSPS) is 18.3. The van der Waals surface area contributed by atoms with Gasteiger partial charge in [-0.3, -0.25) is 0 Å². The van der Waals surface area contributed by atoms with Crippen molar-refractivity contribution in [3.05, 3.63) is 65.2 Å². The van der Waals surface area contributed by atoms with Crippen molar-refractivity contribution in [1.29, 1.82) is 0 Å². The highest BCUT2D eigenvalue weighted by Gasteiger charge is 2.23. The summed E-state index contributed by atoms with van der Waals surface area (Å²) in [5.74, 6) is 0.930. The Labute approximate surface area is 138 Å². The lowest BCUT2D eigenvalue weighted by atomic mass is 9.86. The van der Waals surface area contributed by atoms with Crippen LogP contribution in [0.1, 0.15) is 48.0 Å². The van der Waals surface area contributed by atoms with Crippen LogP contribution in [0.15, 0.2) is 48.5 Å². The van der Waals surface area contributed by atoms with Crippen LogP contribution in [0, 0.1) is 0 Å². The molecule has 1 aliphatic carbocycles.